The number of nitrogens with zero attached hydrogens (tertiary/aromatic N) is 1. The first-order chi connectivity index (χ1) is 9.86. The molecule has 0 unspecified atom stereocenters. The first-order valence-electron chi connectivity index (χ1n) is 6.82. The van der Waals surface area contributed by atoms with Crippen LogP contribution in [-0.2, 0) is 16.4 Å². The van der Waals surface area contributed by atoms with Crippen LogP contribution in [0.4, 0.5) is 4.79 Å². The zero-order valence-corrected chi connectivity index (χ0v) is 13.5. The number of halogens is 1. The van der Waals surface area contributed by atoms with Gasteiger partial charge in [-0.05, 0) is 30.5 Å². The summed E-state index contributed by atoms with van der Waals surface area (Å²) in [4.78, 5) is 13.7. The lowest BCUT2D eigenvalue weighted by Crippen LogP contribution is -2.46. The van der Waals surface area contributed by atoms with Crippen molar-refractivity contribution in [3.05, 3.63) is 34.9 Å². The lowest BCUT2D eigenvalue weighted by Gasteiger charge is -2.31. The predicted octanol–water partition coefficient (Wildman–Crippen LogP) is 2.06. The summed E-state index contributed by atoms with van der Waals surface area (Å²) in [7, 11) is -3.01. The highest BCUT2D eigenvalue weighted by molar-refractivity contribution is 7.91. The Balaban J connectivity index is 1.81. The Labute approximate surface area is 130 Å². The minimum absolute atomic E-state index is 0.156. The number of hydrogen-bond donors (Lipinski definition) is 1. The molecular weight excluding hydrogens is 312 g/mol. The van der Waals surface area contributed by atoms with Gasteiger partial charge in [-0.25, -0.2) is 13.2 Å². The van der Waals surface area contributed by atoms with Crippen LogP contribution in [0.3, 0.4) is 0 Å². The quantitative estimate of drug-likeness (QED) is 0.922. The molecule has 1 heterocycles. The molecule has 0 aromatic heterocycles. The summed E-state index contributed by atoms with van der Waals surface area (Å²) in [6.07, 6.45) is 2.27. The van der Waals surface area contributed by atoms with Crippen molar-refractivity contribution in [1.29, 1.82) is 0 Å². The van der Waals surface area contributed by atoms with Crippen molar-refractivity contribution >= 4 is 27.5 Å². The summed E-state index contributed by atoms with van der Waals surface area (Å²) < 4.78 is 22.9. The van der Waals surface area contributed by atoms with Crippen LogP contribution >= 0.6 is 11.6 Å². The molecule has 2 rings (SSSR count). The molecule has 7 heteroatoms. The van der Waals surface area contributed by atoms with E-state index in [9.17, 15) is 13.2 Å². The number of nitrogens with one attached hydrogen (secondary N) is 1. The van der Waals surface area contributed by atoms with E-state index >= 15 is 0 Å². The Kier molecular flexibility index (Phi) is 5.11. The van der Waals surface area contributed by atoms with Gasteiger partial charge in [0.2, 0.25) is 0 Å². The van der Waals surface area contributed by atoms with Gasteiger partial charge >= 0.3 is 6.03 Å². The van der Waals surface area contributed by atoms with Crippen LogP contribution < -0.4 is 5.32 Å². The summed E-state index contributed by atoms with van der Waals surface area (Å²) in [5.74, 6) is 0. The van der Waals surface area contributed by atoms with E-state index in [0.29, 0.717) is 37.5 Å². The van der Waals surface area contributed by atoms with Gasteiger partial charge in [-0.3, -0.25) is 0 Å². The number of sulfone groups is 1. The lowest BCUT2D eigenvalue weighted by atomic mass is 10.1. The number of piperidine rings is 1. The van der Waals surface area contributed by atoms with Crippen molar-refractivity contribution in [2.45, 2.75) is 24.6 Å². The number of carbonyl (C=O) groups excluding carboxylic acids is 1. The molecule has 1 aromatic carbocycles. The molecule has 0 spiro atoms. The fourth-order valence-corrected chi connectivity index (χ4v) is 3.57. The number of likely N-dealkylation sites (tertiary alicyclic amines) is 1. The van der Waals surface area contributed by atoms with E-state index in [0.717, 1.165) is 5.56 Å². The van der Waals surface area contributed by atoms with Crippen molar-refractivity contribution < 1.29 is 13.2 Å². The molecule has 1 N–H and O–H groups in total. The zero-order valence-electron chi connectivity index (χ0n) is 11.9. The van der Waals surface area contributed by atoms with Gasteiger partial charge in [0.25, 0.3) is 0 Å². The predicted molar refractivity (Wildman–Crippen MR) is 83.1 cm³/mol. The highest BCUT2D eigenvalue weighted by Gasteiger charge is 2.28. The number of urea groups is 1. The van der Waals surface area contributed by atoms with E-state index in [1.54, 1.807) is 17.0 Å². The number of rotatable bonds is 3. The normalized spacial score (nSPS) is 16.8. The third-order valence-electron chi connectivity index (χ3n) is 3.69. The minimum atomic E-state index is -3.01. The van der Waals surface area contributed by atoms with Crippen molar-refractivity contribution in [2.75, 3.05) is 19.3 Å². The van der Waals surface area contributed by atoms with Gasteiger partial charge in [0.15, 0.2) is 0 Å². The van der Waals surface area contributed by atoms with E-state index in [1.165, 1.54) is 6.26 Å². The fraction of sp³-hybridized carbons (Fsp3) is 0.500. The van der Waals surface area contributed by atoms with Gasteiger partial charge in [-0.1, -0.05) is 23.7 Å². The second-order valence-corrected chi connectivity index (χ2v) is 8.06. The summed E-state index contributed by atoms with van der Waals surface area (Å²) in [5.41, 5.74) is 0.971. The van der Waals surface area contributed by atoms with Gasteiger partial charge in [0.05, 0.1) is 5.25 Å². The van der Waals surface area contributed by atoms with Gasteiger partial charge in [0.1, 0.15) is 9.84 Å². The molecule has 0 radical (unpaired) electrons. The molecule has 0 atom stereocenters. The Morgan fingerprint density at radius 3 is 2.38 bits per heavy atom. The molecule has 5 nitrogen and oxygen atoms in total. The molecule has 0 aliphatic carbocycles. The third-order valence-corrected chi connectivity index (χ3v) is 5.63. The molecule has 1 fully saturated rings. The van der Waals surface area contributed by atoms with Gasteiger partial charge in [0, 0.05) is 30.9 Å². The standard InChI is InChI=1S/C14H19ClN2O3S/c1-21(19,20)13-6-8-17(9-7-13)14(18)16-10-11-2-4-12(15)5-3-11/h2-5,13H,6-10H2,1H3,(H,16,18). The molecule has 116 valence electrons. The van der Waals surface area contributed by atoms with E-state index in [1.807, 2.05) is 12.1 Å². The second-order valence-electron chi connectivity index (χ2n) is 5.30. The Bertz CT molecular complexity index is 593. The Morgan fingerprint density at radius 2 is 1.86 bits per heavy atom. The maximum Gasteiger partial charge on any atom is 0.317 e. The monoisotopic (exact) mass is 330 g/mol. The van der Waals surface area contributed by atoms with E-state index in [2.05, 4.69) is 5.32 Å². The third kappa shape index (κ3) is 4.61. The molecule has 21 heavy (non-hydrogen) atoms. The van der Waals surface area contributed by atoms with Crippen LogP contribution in [0.5, 0.6) is 0 Å². The highest BCUT2D eigenvalue weighted by Crippen LogP contribution is 2.17. The van der Waals surface area contributed by atoms with Crippen molar-refractivity contribution in [3.63, 3.8) is 0 Å². The van der Waals surface area contributed by atoms with Crippen LogP contribution in [0.2, 0.25) is 5.02 Å². The van der Waals surface area contributed by atoms with Crippen LogP contribution in [0, 0.1) is 0 Å². The first-order valence-corrected chi connectivity index (χ1v) is 9.15. The van der Waals surface area contributed by atoms with Crippen LogP contribution in [-0.4, -0.2) is 43.9 Å². The highest BCUT2D eigenvalue weighted by atomic mass is 35.5. The largest absolute Gasteiger partial charge is 0.334 e. The summed E-state index contributed by atoms with van der Waals surface area (Å²) >= 11 is 5.80. The Hall–Kier alpha value is -1.27. The zero-order chi connectivity index (χ0) is 15.5. The second kappa shape index (κ2) is 6.66. The smallest absolute Gasteiger partial charge is 0.317 e. The molecule has 0 saturated carbocycles. The first kappa shape index (κ1) is 16.1. The van der Waals surface area contributed by atoms with E-state index < -0.39 is 9.84 Å². The molecule has 0 bridgehead atoms. The van der Waals surface area contributed by atoms with Gasteiger partial charge in [-0.15, -0.1) is 0 Å². The molecule has 2 amide bonds. The lowest BCUT2D eigenvalue weighted by molar-refractivity contribution is 0.186. The number of amides is 2. The number of benzene rings is 1. The van der Waals surface area contributed by atoms with Gasteiger partial charge < -0.3 is 10.2 Å². The molecule has 1 aliphatic heterocycles. The number of carbonyl (C=O) groups is 1. The van der Waals surface area contributed by atoms with Crippen molar-refractivity contribution in [3.8, 4) is 0 Å². The topological polar surface area (TPSA) is 66.5 Å². The molecular formula is C14H19ClN2O3S. The van der Waals surface area contributed by atoms with Crippen LogP contribution in [0.25, 0.3) is 0 Å². The van der Waals surface area contributed by atoms with Crippen LogP contribution in [0.15, 0.2) is 24.3 Å². The Morgan fingerprint density at radius 1 is 1.29 bits per heavy atom. The minimum Gasteiger partial charge on any atom is -0.334 e. The average molecular weight is 331 g/mol. The summed E-state index contributed by atoms with van der Waals surface area (Å²) in [5, 5.41) is 3.17. The SMILES string of the molecule is CS(=O)(=O)C1CCN(C(=O)NCc2ccc(Cl)cc2)CC1. The van der Waals surface area contributed by atoms with Crippen molar-refractivity contribution in [2.24, 2.45) is 0 Å². The van der Waals surface area contributed by atoms with E-state index in [-0.39, 0.29) is 11.3 Å². The maximum absolute atomic E-state index is 12.0. The molecule has 1 aromatic rings. The summed E-state index contributed by atoms with van der Waals surface area (Å²) in [6, 6.07) is 7.12. The molecule has 1 saturated heterocycles. The van der Waals surface area contributed by atoms with Crippen molar-refractivity contribution in [1.82, 2.24) is 10.2 Å². The average Bonchev–Trinajstić information content (AvgIpc) is 2.45. The van der Waals surface area contributed by atoms with Gasteiger partial charge in [-0.2, -0.15) is 0 Å². The van der Waals surface area contributed by atoms with Crippen LogP contribution in [0.1, 0.15) is 18.4 Å². The maximum atomic E-state index is 12.0. The molecule has 1 aliphatic rings. The summed E-state index contributed by atoms with van der Waals surface area (Å²) in [6.45, 7) is 1.39. The fourth-order valence-electron chi connectivity index (χ4n) is 2.38. The van der Waals surface area contributed by atoms with E-state index in [4.69, 9.17) is 11.6 Å². The number of hydrogen-bond acceptors (Lipinski definition) is 3.